The minimum atomic E-state index is -4.47. The van der Waals surface area contributed by atoms with Gasteiger partial charge in [0.15, 0.2) is 0 Å². The Bertz CT molecular complexity index is 372. The molecule has 0 aromatic heterocycles. The van der Waals surface area contributed by atoms with Gasteiger partial charge in [0, 0.05) is 12.8 Å². The minimum Gasteiger partial charge on any atom is -0.345 e. The summed E-state index contributed by atoms with van der Waals surface area (Å²) >= 11 is 0. The molecule has 0 aromatic carbocycles. The van der Waals surface area contributed by atoms with Crippen molar-refractivity contribution in [3.05, 3.63) is 12.7 Å². The normalized spacial score (nSPS) is 14.1. The number of rotatable bonds is 6. The first kappa shape index (κ1) is 16.0. The predicted octanol–water partition coefficient (Wildman–Crippen LogP) is 2.17. The molecule has 1 unspecified atom stereocenters. The molecule has 0 saturated heterocycles. The standard InChI is InChI=1S/C9H13F3O4S/c1-3-7(5-6-9(10,11)12)17(14,15)16-8(13)4-2/h3,7H,1,4-6H2,2H3. The lowest BCUT2D eigenvalue weighted by Crippen LogP contribution is -2.26. The highest BCUT2D eigenvalue weighted by Crippen LogP contribution is 2.25. The molecule has 0 bridgehead atoms. The van der Waals surface area contributed by atoms with Gasteiger partial charge in [-0.1, -0.05) is 13.0 Å². The topological polar surface area (TPSA) is 60.4 Å². The number of alkyl halides is 3. The van der Waals surface area contributed by atoms with Gasteiger partial charge in [0.25, 0.3) is 0 Å². The highest BCUT2D eigenvalue weighted by molar-refractivity contribution is 7.87. The third kappa shape index (κ3) is 6.30. The van der Waals surface area contributed by atoms with Crippen LogP contribution >= 0.6 is 0 Å². The molecule has 0 aliphatic carbocycles. The Balaban J connectivity index is 4.65. The third-order valence-electron chi connectivity index (χ3n) is 1.84. The van der Waals surface area contributed by atoms with Gasteiger partial charge < -0.3 is 4.18 Å². The molecule has 1 atom stereocenters. The van der Waals surface area contributed by atoms with Gasteiger partial charge in [-0.2, -0.15) is 21.6 Å². The average molecular weight is 274 g/mol. The van der Waals surface area contributed by atoms with Crippen LogP contribution in [0.4, 0.5) is 13.2 Å². The number of halogens is 3. The van der Waals surface area contributed by atoms with Crippen molar-refractivity contribution >= 4 is 16.1 Å². The van der Waals surface area contributed by atoms with Crippen molar-refractivity contribution in [3.63, 3.8) is 0 Å². The lowest BCUT2D eigenvalue weighted by molar-refractivity contribution is -0.135. The minimum absolute atomic E-state index is 0.178. The molecule has 8 heteroatoms. The fourth-order valence-electron chi connectivity index (χ4n) is 0.936. The van der Waals surface area contributed by atoms with Crippen molar-refractivity contribution in [1.29, 1.82) is 0 Å². The Morgan fingerprint density at radius 3 is 2.35 bits per heavy atom. The van der Waals surface area contributed by atoms with E-state index in [9.17, 15) is 26.4 Å². The van der Waals surface area contributed by atoms with Crippen LogP contribution < -0.4 is 0 Å². The average Bonchev–Trinajstić information content (AvgIpc) is 2.15. The molecule has 0 amide bonds. The zero-order chi connectivity index (χ0) is 13.7. The summed E-state index contributed by atoms with van der Waals surface area (Å²) in [5, 5.41) is -1.54. The summed E-state index contributed by atoms with van der Waals surface area (Å²) in [4.78, 5) is 10.8. The van der Waals surface area contributed by atoms with Crippen LogP contribution in [0.5, 0.6) is 0 Å². The van der Waals surface area contributed by atoms with E-state index in [1.165, 1.54) is 6.92 Å². The zero-order valence-electron chi connectivity index (χ0n) is 9.16. The van der Waals surface area contributed by atoms with Crippen LogP contribution in [0.3, 0.4) is 0 Å². The monoisotopic (exact) mass is 274 g/mol. The first-order valence-corrected chi connectivity index (χ1v) is 6.25. The number of hydrogen-bond donors (Lipinski definition) is 0. The van der Waals surface area contributed by atoms with E-state index in [-0.39, 0.29) is 6.42 Å². The third-order valence-corrected chi connectivity index (χ3v) is 3.43. The quantitative estimate of drug-likeness (QED) is 0.550. The van der Waals surface area contributed by atoms with Crippen molar-refractivity contribution in [2.24, 2.45) is 0 Å². The first-order valence-electron chi connectivity index (χ1n) is 4.77. The first-order chi connectivity index (χ1) is 7.62. The zero-order valence-corrected chi connectivity index (χ0v) is 9.97. The fraction of sp³-hybridized carbons (Fsp3) is 0.667. The van der Waals surface area contributed by atoms with E-state index in [0.717, 1.165) is 6.08 Å². The van der Waals surface area contributed by atoms with Crippen LogP contribution in [0.1, 0.15) is 26.2 Å². The van der Waals surface area contributed by atoms with E-state index in [1.807, 2.05) is 0 Å². The fourth-order valence-corrected chi connectivity index (χ4v) is 2.08. The predicted molar refractivity (Wildman–Crippen MR) is 54.6 cm³/mol. The molecule has 0 saturated carbocycles. The van der Waals surface area contributed by atoms with Crippen LogP contribution in [-0.4, -0.2) is 25.8 Å². The molecule has 0 rings (SSSR count). The SMILES string of the molecule is C=CC(CCC(F)(F)F)S(=O)(=O)OC(=O)CC. The molecule has 0 fully saturated rings. The second-order valence-electron chi connectivity index (χ2n) is 3.23. The van der Waals surface area contributed by atoms with E-state index in [0.29, 0.717) is 0 Å². The van der Waals surface area contributed by atoms with Crippen LogP contribution in [0, 0.1) is 0 Å². The van der Waals surface area contributed by atoms with Crippen molar-refractivity contribution in [1.82, 2.24) is 0 Å². The van der Waals surface area contributed by atoms with Gasteiger partial charge in [-0.05, 0) is 6.42 Å². The van der Waals surface area contributed by atoms with Gasteiger partial charge >= 0.3 is 22.3 Å². The highest BCUT2D eigenvalue weighted by Gasteiger charge is 2.33. The summed E-state index contributed by atoms with van der Waals surface area (Å²) < 4.78 is 62.6. The summed E-state index contributed by atoms with van der Waals surface area (Å²) in [6.07, 6.45) is -5.82. The van der Waals surface area contributed by atoms with Crippen molar-refractivity contribution in [2.75, 3.05) is 0 Å². The molecule has 0 aliphatic heterocycles. The van der Waals surface area contributed by atoms with Gasteiger partial charge in [-0.15, -0.1) is 6.58 Å². The number of hydrogen-bond acceptors (Lipinski definition) is 4. The molecule has 0 aliphatic rings. The molecular formula is C9H13F3O4S. The number of carbonyl (C=O) groups is 1. The molecule has 0 radical (unpaired) electrons. The second-order valence-corrected chi connectivity index (χ2v) is 4.99. The van der Waals surface area contributed by atoms with Crippen LogP contribution in [0.25, 0.3) is 0 Å². The van der Waals surface area contributed by atoms with Gasteiger partial charge in [0.2, 0.25) is 0 Å². The molecule has 0 spiro atoms. The van der Waals surface area contributed by atoms with E-state index in [4.69, 9.17) is 0 Å². The van der Waals surface area contributed by atoms with Crippen molar-refractivity contribution < 1.29 is 30.6 Å². The summed E-state index contributed by atoms with van der Waals surface area (Å²) in [6.45, 7) is 4.49. The Hall–Kier alpha value is -1.05. The Labute approximate surface area is 97.6 Å². The largest absolute Gasteiger partial charge is 0.389 e. The molecule has 0 heterocycles. The molecular weight excluding hydrogens is 261 g/mol. The van der Waals surface area contributed by atoms with Crippen LogP contribution in [0.15, 0.2) is 12.7 Å². The summed E-state index contributed by atoms with van der Waals surface area (Å²) in [5.74, 6) is -1.01. The maximum absolute atomic E-state index is 11.9. The van der Waals surface area contributed by atoms with E-state index < -0.39 is 40.4 Å². The lowest BCUT2D eigenvalue weighted by atomic mass is 10.2. The Kier molecular flexibility index (Phi) is 5.67. The summed E-state index contributed by atoms with van der Waals surface area (Å²) in [5.41, 5.74) is 0. The maximum Gasteiger partial charge on any atom is 0.389 e. The van der Waals surface area contributed by atoms with E-state index >= 15 is 0 Å². The smallest absolute Gasteiger partial charge is 0.345 e. The van der Waals surface area contributed by atoms with Gasteiger partial charge in [0.1, 0.15) is 5.25 Å². The summed E-state index contributed by atoms with van der Waals surface area (Å²) in [7, 11) is -4.37. The summed E-state index contributed by atoms with van der Waals surface area (Å²) in [6, 6.07) is 0. The molecule has 17 heavy (non-hydrogen) atoms. The van der Waals surface area contributed by atoms with E-state index in [1.54, 1.807) is 0 Å². The van der Waals surface area contributed by atoms with Crippen LogP contribution in [-0.2, 0) is 19.1 Å². The van der Waals surface area contributed by atoms with Gasteiger partial charge in [-0.3, -0.25) is 4.79 Å². The van der Waals surface area contributed by atoms with E-state index in [2.05, 4.69) is 10.8 Å². The second kappa shape index (κ2) is 6.04. The Morgan fingerprint density at radius 2 is 2.00 bits per heavy atom. The van der Waals surface area contributed by atoms with Gasteiger partial charge in [-0.25, -0.2) is 0 Å². The highest BCUT2D eigenvalue weighted by atomic mass is 32.2. The lowest BCUT2D eigenvalue weighted by Gasteiger charge is -2.14. The van der Waals surface area contributed by atoms with Crippen LogP contribution in [0.2, 0.25) is 0 Å². The Morgan fingerprint density at radius 1 is 1.47 bits per heavy atom. The van der Waals surface area contributed by atoms with Crippen molar-refractivity contribution in [3.8, 4) is 0 Å². The molecule has 100 valence electrons. The molecule has 0 aromatic rings. The van der Waals surface area contributed by atoms with Gasteiger partial charge in [0.05, 0.1) is 0 Å². The molecule has 4 nitrogen and oxygen atoms in total. The number of carbonyl (C=O) groups excluding carboxylic acids is 1. The maximum atomic E-state index is 11.9. The molecule has 0 N–H and O–H groups in total. The van der Waals surface area contributed by atoms with Crippen molar-refractivity contribution in [2.45, 2.75) is 37.6 Å².